The fourth-order valence-corrected chi connectivity index (χ4v) is 5.08. The molecule has 3 aliphatic rings. The molecule has 3 aromatic rings. The van der Waals surface area contributed by atoms with Gasteiger partial charge in [-0.15, -0.1) is 0 Å². The molecular weight excluding hydrogens is 444 g/mol. The summed E-state index contributed by atoms with van der Waals surface area (Å²) in [5.41, 5.74) is 4.83. The molecule has 2 aliphatic heterocycles. The second-order valence-corrected chi connectivity index (χ2v) is 9.80. The first kappa shape index (κ1) is 21.9. The lowest BCUT2D eigenvalue weighted by Crippen LogP contribution is -2.67. The van der Waals surface area contributed by atoms with Gasteiger partial charge in [0.25, 0.3) is 0 Å². The number of benzene rings is 2. The normalized spacial score (nSPS) is 17.4. The summed E-state index contributed by atoms with van der Waals surface area (Å²) in [5, 5.41) is 0.827. The zero-order chi connectivity index (χ0) is 24.0. The van der Waals surface area contributed by atoms with E-state index in [4.69, 9.17) is 18.9 Å². The second kappa shape index (κ2) is 8.57. The summed E-state index contributed by atoms with van der Waals surface area (Å²) in [7, 11) is 1.60. The monoisotopic (exact) mass is 472 g/mol. The van der Waals surface area contributed by atoms with Crippen LogP contribution in [0.5, 0.6) is 23.0 Å². The molecule has 1 spiro atoms. The number of likely N-dealkylation sites (tertiary alicyclic amines) is 1. The van der Waals surface area contributed by atoms with Gasteiger partial charge in [-0.05, 0) is 48.7 Å². The van der Waals surface area contributed by atoms with Crippen LogP contribution in [0.1, 0.15) is 24.5 Å². The van der Waals surface area contributed by atoms with Gasteiger partial charge >= 0.3 is 0 Å². The van der Waals surface area contributed by atoms with Crippen molar-refractivity contribution in [3.63, 3.8) is 0 Å². The number of carbonyl (C=O) groups is 1. The summed E-state index contributed by atoms with van der Waals surface area (Å²) >= 11 is 0. The van der Waals surface area contributed by atoms with Gasteiger partial charge in [0, 0.05) is 30.7 Å². The summed E-state index contributed by atoms with van der Waals surface area (Å²) < 4.78 is 23.1. The van der Waals surface area contributed by atoms with E-state index in [1.165, 1.54) is 16.7 Å². The minimum atomic E-state index is 0.107. The summed E-state index contributed by atoms with van der Waals surface area (Å²) in [6, 6.07) is 11.8. The molecule has 0 atom stereocenters. The van der Waals surface area contributed by atoms with Gasteiger partial charge in [-0.2, -0.15) is 0 Å². The molecule has 180 valence electrons. The molecule has 0 bridgehead atoms. The number of pyridine rings is 1. The third-order valence-corrected chi connectivity index (χ3v) is 7.00. The van der Waals surface area contributed by atoms with Crippen molar-refractivity contribution >= 4 is 22.9 Å². The Kier molecular flexibility index (Phi) is 5.37. The number of allylic oxidation sites excluding steroid dienone is 1. The van der Waals surface area contributed by atoms with Crippen molar-refractivity contribution in [2.75, 3.05) is 40.0 Å². The molecule has 2 aromatic carbocycles. The van der Waals surface area contributed by atoms with Crippen molar-refractivity contribution in [2.45, 2.75) is 19.8 Å². The highest BCUT2D eigenvalue weighted by Crippen LogP contribution is 2.39. The van der Waals surface area contributed by atoms with Crippen LogP contribution in [0.4, 0.5) is 0 Å². The van der Waals surface area contributed by atoms with E-state index >= 15 is 0 Å². The van der Waals surface area contributed by atoms with Gasteiger partial charge < -0.3 is 23.8 Å². The molecular formula is C28H28N2O5. The Morgan fingerprint density at radius 2 is 1.97 bits per heavy atom. The zero-order valence-corrected chi connectivity index (χ0v) is 20.0. The first-order valence-electron chi connectivity index (χ1n) is 11.9. The van der Waals surface area contributed by atoms with Crippen LogP contribution in [0.2, 0.25) is 0 Å². The molecule has 6 rings (SSSR count). The molecule has 3 heterocycles. The van der Waals surface area contributed by atoms with E-state index in [1.54, 1.807) is 13.3 Å². The van der Waals surface area contributed by atoms with Gasteiger partial charge in [0.05, 0.1) is 44.3 Å². The van der Waals surface area contributed by atoms with E-state index in [0.717, 1.165) is 49.4 Å². The van der Waals surface area contributed by atoms with Gasteiger partial charge in [-0.1, -0.05) is 17.7 Å². The topological polar surface area (TPSA) is 70.1 Å². The van der Waals surface area contributed by atoms with E-state index in [1.807, 2.05) is 29.2 Å². The highest BCUT2D eigenvalue weighted by molar-refractivity contribution is 5.88. The standard InChI is InChI=1S/C28H28N2O5/c1-18-9-19-3-4-21(11-20(19)10-18)35-24-5-7-29-23-13-26(25(32-2)12-22(23)24)34-8-6-27(31)30-14-28(15-30)16-33-17-28/h3-5,7,10-13H,6,8-9,14-17H2,1-2H3. The van der Waals surface area contributed by atoms with Gasteiger partial charge in [0.15, 0.2) is 11.5 Å². The average molecular weight is 473 g/mol. The number of fused-ring (bicyclic) bond motifs is 2. The summed E-state index contributed by atoms with van der Waals surface area (Å²) in [6.45, 7) is 5.53. The largest absolute Gasteiger partial charge is 0.493 e. The summed E-state index contributed by atoms with van der Waals surface area (Å²) in [4.78, 5) is 18.8. The number of nitrogens with zero attached hydrogens (tertiary/aromatic N) is 2. The smallest absolute Gasteiger partial charge is 0.226 e. The van der Waals surface area contributed by atoms with Crippen molar-refractivity contribution in [1.29, 1.82) is 0 Å². The SMILES string of the molecule is COc1cc2c(Oc3ccc4c(c3)C=C(C)C4)ccnc2cc1OCCC(=O)N1CC2(COC2)C1. The van der Waals surface area contributed by atoms with Gasteiger partial charge in [-0.25, -0.2) is 0 Å². The van der Waals surface area contributed by atoms with Gasteiger partial charge in [0.1, 0.15) is 11.5 Å². The van der Waals surface area contributed by atoms with Crippen LogP contribution in [0.15, 0.2) is 48.2 Å². The van der Waals surface area contributed by atoms with Crippen LogP contribution < -0.4 is 14.2 Å². The van der Waals surface area contributed by atoms with E-state index in [0.29, 0.717) is 23.7 Å². The number of ether oxygens (including phenoxy) is 4. The molecule has 7 nitrogen and oxygen atoms in total. The number of methoxy groups -OCH3 is 1. The van der Waals surface area contributed by atoms with Gasteiger partial charge in [0.2, 0.25) is 5.91 Å². The first-order chi connectivity index (χ1) is 17.0. The molecule has 1 aliphatic carbocycles. The Morgan fingerprint density at radius 1 is 1.11 bits per heavy atom. The highest BCUT2D eigenvalue weighted by Gasteiger charge is 2.50. The Balaban J connectivity index is 1.16. The van der Waals surface area contributed by atoms with E-state index in [-0.39, 0.29) is 17.9 Å². The molecule has 1 aromatic heterocycles. The van der Waals surface area contributed by atoms with Crippen molar-refractivity contribution in [3.8, 4) is 23.0 Å². The minimum Gasteiger partial charge on any atom is -0.493 e. The first-order valence-corrected chi connectivity index (χ1v) is 11.9. The molecule has 35 heavy (non-hydrogen) atoms. The molecule has 2 saturated heterocycles. The van der Waals surface area contributed by atoms with Crippen LogP contribution in [-0.2, 0) is 16.0 Å². The number of hydrogen-bond donors (Lipinski definition) is 0. The lowest BCUT2D eigenvalue weighted by Gasteiger charge is -2.55. The second-order valence-electron chi connectivity index (χ2n) is 9.80. The number of amides is 1. The number of rotatable bonds is 7. The lowest BCUT2D eigenvalue weighted by molar-refractivity contribution is -0.195. The molecule has 0 radical (unpaired) electrons. The molecule has 2 fully saturated rings. The predicted molar refractivity (Wildman–Crippen MR) is 132 cm³/mol. The Hall–Kier alpha value is -3.58. The van der Waals surface area contributed by atoms with Crippen LogP contribution in [0.25, 0.3) is 17.0 Å². The lowest BCUT2D eigenvalue weighted by atomic mass is 9.78. The predicted octanol–water partition coefficient (Wildman–Crippen LogP) is 4.62. The maximum Gasteiger partial charge on any atom is 0.226 e. The highest BCUT2D eigenvalue weighted by atomic mass is 16.5. The summed E-state index contributed by atoms with van der Waals surface area (Å²) in [5.74, 6) is 2.71. The number of carbonyl (C=O) groups excluding carboxylic acids is 1. The molecule has 1 amide bonds. The van der Waals surface area contributed by atoms with E-state index < -0.39 is 0 Å². The number of aromatic nitrogens is 1. The van der Waals surface area contributed by atoms with E-state index in [9.17, 15) is 4.79 Å². The maximum absolute atomic E-state index is 12.5. The van der Waals surface area contributed by atoms with Crippen LogP contribution in [0, 0.1) is 5.41 Å². The van der Waals surface area contributed by atoms with Crippen LogP contribution in [0.3, 0.4) is 0 Å². The fraction of sp³-hybridized carbons (Fsp3) is 0.357. The maximum atomic E-state index is 12.5. The fourth-order valence-electron chi connectivity index (χ4n) is 5.08. The minimum absolute atomic E-state index is 0.107. The zero-order valence-electron chi connectivity index (χ0n) is 20.0. The third-order valence-electron chi connectivity index (χ3n) is 7.00. The van der Waals surface area contributed by atoms with Crippen molar-refractivity contribution in [1.82, 2.24) is 9.88 Å². The van der Waals surface area contributed by atoms with Crippen molar-refractivity contribution in [2.24, 2.45) is 5.41 Å². The molecule has 0 N–H and O–H groups in total. The number of hydrogen-bond acceptors (Lipinski definition) is 6. The van der Waals surface area contributed by atoms with E-state index in [2.05, 4.69) is 30.1 Å². The van der Waals surface area contributed by atoms with Crippen molar-refractivity contribution < 1.29 is 23.7 Å². The molecule has 0 saturated carbocycles. The third kappa shape index (κ3) is 4.10. The molecule has 7 heteroatoms. The van der Waals surface area contributed by atoms with Gasteiger partial charge in [-0.3, -0.25) is 9.78 Å². The van der Waals surface area contributed by atoms with Crippen LogP contribution >= 0.6 is 0 Å². The Bertz CT molecular complexity index is 1340. The molecule has 0 unspecified atom stereocenters. The Labute approximate surface area is 204 Å². The summed E-state index contributed by atoms with van der Waals surface area (Å²) in [6.07, 6.45) is 5.23. The average Bonchev–Trinajstić information content (AvgIpc) is 3.16. The van der Waals surface area contributed by atoms with Crippen molar-refractivity contribution in [3.05, 3.63) is 59.3 Å². The van der Waals surface area contributed by atoms with Crippen LogP contribution in [-0.4, -0.2) is 55.8 Å². The Morgan fingerprint density at radius 3 is 2.74 bits per heavy atom. The quantitative estimate of drug-likeness (QED) is 0.500.